The Hall–Kier alpha value is -3.27. The summed E-state index contributed by atoms with van der Waals surface area (Å²) >= 11 is 0. The maximum Gasteiger partial charge on any atom is 0.252 e. The molecule has 164 valence electrons. The number of rotatable bonds is 6. The summed E-state index contributed by atoms with van der Waals surface area (Å²) in [4.78, 5) is 34.1. The predicted molar refractivity (Wildman–Crippen MR) is 116 cm³/mol. The molecule has 1 aliphatic carbocycles. The Labute approximate surface area is 179 Å². The third-order valence-electron chi connectivity index (χ3n) is 5.74. The number of primary amides is 1. The number of halogens is 1. The van der Waals surface area contributed by atoms with Crippen molar-refractivity contribution in [2.45, 2.75) is 50.6 Å². The number of pyridine rings is 2. The van der Waals surface area contributed by atoms with Crippen molar-refractivity contribution < 1.29 is 14.0 Å². The van der Waals surface area contributed by atoms with Crippen LogP contribution in [-0.2, 0) is 4.79 Å². The van der Waals surface area contributed by atoms with Crippen LogP contribution in [0.2, 0.25) is 0 Å². The zero-order valence-electron chi connectivity index (χ0n) is 17.1. The van der Waals surface area contributed by atoms with Crippen molar-refractivity contribution in [2.24, 2.45) is 11.5 Å². The first-order valence-corrected chi connectivity index (χ1v) is 10.5. The molecule has 0 spiro atoms. The van der Waals surface area contributed by atoms with Gasteiger partial charge in [-0.2, -0.15) is 0 Å². The summed E-state index contributed by atoms with van der Waals surface area (Å²) in [7, 11) is 0. The lowest BCUT2D eigenvalue weighted by Crippen LogP contribution is -2.43. The van der Waals surface area contributed by atoms with E-state index < -0.39 is 11.7 Å². The van der Waals surface area contributed by atoms with E-state index in [2.05, 4.69) is 20.6 Å². The smallest absolute Gasteiger partial charge is 0.252 e. The second-order valence-corrected chi connectivity index (χ2v) is 7.96. The number of nitrogens with two attached hydrogens (primary N) is 2. The molecule has 2 atom stereocenters. The molecule has 2 aromatic rings. The number of nitrogens with one attached hydrogen (secondary N) is 2. The predicted octanol–water partition coefficient (Wildman–Crippen LogP) is 2.27. The largest absolute Gasteiger partial charge is 0.365 e. The maximum absolute atomic E-state index is 14.7. The molecule has 6 N–H and O–H groups in total. The number of nitrogens with zero attached hydrogens (tertiary/aromatic N) is 3. The van der Waals surface area contributed by atoms with Crippen LogP contribution in [0, 0.1) is 5.82 Å². The molecule has 10 heteroatoms. The summed E-state index contributed by atoms with van der Waals surface area (Å²) < 4.78 is 14.7. The summed E-state index contributed by atoms with van der Waals surface area (Å²) in [6, 6.07) is 4.23. The Balaban J connectivity index is 1.62. The van der Waals surface area contributed by atoms with Crippen LogP contribution in [0.3, 0.4) is 0 Å². The van der Waals surface area contributed by atoms with Crippen molar-refractivity contribution >= 4 is 35.0 Å². The Kier molecular flexibility index (Phi) is 5.99. The average Bonchev–Trinajstić information content (AvgIpc) is 3.18. The Bertz CT molecular complexity index is 1000. The van der Waals surface area contributed by atoms with Gasteiger partial charge < -0.3 is 22.1 Å². The molecule has 2 amide bonds. The van der Waals surface area contributed by atoms with Crippen LogP contribution in [-0.4, -0.2) is 40.4 Å². The molecule has 0 aromatic carbocycles. The van der Waals surface area contributed by atoms with Gasteiger partial charge in [0.1, 0.15) is 11.6 Å². The number of anilines is 4. The zero-order chi connectivity index (χ0) is 22.0. The second kappa shape index (κ2) is 8.84. The highest BCUT2D eigenvalue weighted by molar-refractivity contribution is 5.99. The van der Waals surface area contributed by atoms with Crippen LogP contribution < -0.4 is 27.0 Å². The number of hydrogen-bond acceptors (Lipinski definition) is 7. The van der Waals surface area contributed by atoms with E-state index in [0.717, 1.165) is 38.2 Å². The van der Waals surface area contributed by atoms with Crippen LogP contribution in [0.5, 0.6) is 0 Å². The van der Waals surface area contributed by atoms with E-state index in [-0.39, 0.29) is 35.2 Å². The van der Waals surface area contributed by atoms with E-state index in [9.17, 15) is 14.0 Å². The van der Waals surface area contributed by atoms with Gasteiger partial charge in [0, 0.05) is 43.0 Å². The molecular weight excluding hydrogens is 401 g/mol. The van der Waals surface area contributed by atoms with Gasteiger partial charge in [0.15, 0.2) is 11.6 Å². The molecule has 1 saturated carbocycles. The first-order valence-electron chi connectivity index (χ1n) is 10.5. The average molecular weight is 427 g/mol. The fourth-order valence-electron chi connectivity index (χ4n) is 4.06. The van der Waals surface area contributed by atoms with Gasteiger partial charge in [0.2, 0.25) is 5.91 Å². The highest BCUT2D eigenvalue weighted by Crippen LogP contribution is 2.28. The number of carbonyl (C=O) groups excluding carboxylic acids is 2. The molecule has 3 heterocycles. The van der Waals surface area contributed by atoms with Gasteiger partial charge in [-0.15, -0.1) is 0 Å². The second-order valence-electron chi connectivity index (χ2n) is 7.96. The fourth-order valence-corrected chi connectivity index (χ4v) is 4.06. The van der Waals surface area contributed by atoms with E-state index in [1.165, 1.54) is 0 Å². The van der Waals surface area contributed by atoms with Crippen molar-refractivity contribution in [1.29, 1.82) is 0 Å². The van der Waals surface area contributed by atoms with Crippen molar-refractivity contribution in [3.63, 3.8) is 0 Å². The maximum atomic E-state index is 14.7. The minimum atomic E-state index is -0.807. The van der Waals surface area contributed by atoms with Gasteiger partial charge in [0.05, 0.1) is 5.56 Å². The number of aromatic nitrogens is 2. The summed E-state index contributed by atoms with van der Waals surface area (Å²) in [5.74, 6) is -0.835. The Morgan fingerprint density at radius 3 is 2.71 bits per heavy atom. The summed E-state index contributed by atoms with van der Waals surface area (Å²) in [5, 5.41) is 6.11. The Morgan fingerprint density at radius 1 is 1.19 bits per heavy atom. The minimum absolute atomic E-state index is 0.0117. The number of carbonyl (C=O) groups is 2. The number of hydrogen-bond donors (Lipinski definition) is 4. The molecule has 2 fully saturated rings. The van der Waals surface area contributed by atoms with Gasteiger partial charge in [-0.05, 0) is 31.4 Å². The molecule has 1 unspecified atom stereocenters. The molecule has 2 aliphatic rings. The van der Waals surface area contributed by atoms with Crippen molar-refractivity contribution in [2.75, 3.05) is 22.1 Å². The molecule has 9 nitrogen and oxygen atoms in total. The van der Waals surface area contributed by atoms with Gasteiger partial charge in [-0.25, -0.2) is 14.4 Å². The molecule has 31 heavy (non-hydrogen) atoms. The number of amides is 2. The normalized spacial score (nSPS) is 21.2. The molecule has 1 aliphatic heterocycles. The van der Waals surface area contributed by atoms with Crippen LogP contribution in [0.25, 0.3) is 0 Å². The lowest BCUT2D eigenvalue weighted by atomic mass is 9.91. The molecule has 1 saturated heterocycles. The minimum Gasteiger partial charge on any atom is -0.365 e. The van der Waals surface area contributed by atoms with Crippen molar-refractivity contribution in [3.8, 4) is 0 Å². The van der Waals surface area contributed by atoms with Crippen LogP contribution in [0.1, 0.15) is 48.9 Å². The van der Waals surface area contributed by atoms with Crippen molar-refractivity contribution in [3.05, 3.63) is 35.8 Å². The van der Waals surface area contributed by atoms with Crippen molar-refractivity contribution in [1.82, 2.24) is 9.97 Å². The van der Waals surface area contributed by atoms with E-state index in [4.69, 9.17) is 11.5 Å². The third-order valence-corrected chi connectivity index (χ3v) is 5.74. The molecule has 2 aromatic heterocycles. The standard InChI is InChI=1S/C21H26FN7O2/c22-14-11-13(19(24)31)20(28-21(14)27-16-5-2-1-4-15(16)23)26-12-7-8-25-17(10-12)29-9-3-6-18(29)30/h7-8,10-11,15-16H,1-6,9,23H2,(H2,24,31)(H2,25,26,27,28)/t15-,16?/m0/s1. The zero-order valence-corrected chi connectivity index (χ0v) is 17.1. The van der Waals surface area contributed by atoms with Gasteiger partial charge in [0.25, 0.3) is 5.91 Å². The van der Waals surface area contributed by atoms with E-state index >= 15 is 0 Å². The quantitative estimate of drug-likeness (QED) is 0.554. The van der Waals surface area contributed by atoms with Gasteiger partial charge in [-0.1, -0.05) is 12.8 Å². The first kappa shape index (κ1) is 21.0. The molecule has 0 bridgehead atoms. The highest BCUT2D eigenvalue weighted by atomic mass is 19.1. The summed E-state index contributed by atoms with van der Waals surface area (Å²) in [6.45, 7) is 0.604. The lowest BCUT2D eigenvalue weighted by molar-refractivity contribution is -0.117. The van der Waals surface area contributed by atoms with Gasteiger partial charge in [-0.3, -0.25) is 14.5 Å². The monoisotopic (exact) mass is 427 g/mol. The summed E-state index contributed by atoms with van der Waals surface area (Å²) in [5.41, 5.74) is 12.1. The highest BCUT2D eigenvalue weighted by Gasteiger charge is 2.25. The first-order chi connectivity index (χ1) is 14.9. The molecule has 4 rings (SSSR count). The SMILES string of the molecule is NC(=O)c1cc(F)c(NC2CCCC[C@@H]2N)nc1Nc1ccnc(N2CCCC2=O)c1. The molecular formula is C21H26FN7O2. The van der Waals surface area contributed by atoms with E-state index in [0.29, 0.717) is 24.5 Å². The van der Waals surface area contributed by atoms with Crippen LogP contribution >= 0.6 is 0 Å². The van der Waals surface area contributed by atoms with E-state index in [1.807, 2.05) is 0 Å². The lowest BCUT2D eigenvalue weighted by Gasteiger charge is -2.30. The van der Waals surface area contributed by atoms with Gasteiger partial charge >= 0.3 is 0 Å². The fraction of sp³-hybridized carbons (Fsp3) is 0.429. The molecule has 0 radical (unpaired) electrons. The summed E-state index contributed by atoms with van der Waals surface area (Å²) in [6.07, 6.45) is 6.56. The Morgan fingerprint density at radius 2 is 2.00 bits per heavy atom. The van der Waals surface area contributed by atoms with E-state index in [1.54, 1.807) is 23.2 Å². The topological polar surface area (TPSA) is 139 Å². The van der Waals surface area contributed by atoms with Crippen LogP contribution in [0.4, 0.5) is 27.5 Å². The van der Waals surface area contributed by atoms with Crippen LogP contribution in [0.15, 0.2) is 24.4 Å². The third kappa shape index (κ3) is 4.58.